The second-order valence-electron chi connectivity index (χ2n) is 5.43. The zero-order valence-electron chi connectivity index (χ0n) is 11.6. The molecule has 1 heterocycles. The van der Waals surface area contributed by atoms with Crippen molar-refractivity contribution in [1.29, 1.82) is 0 Å². The van der Waals surface area contributed by atoms with Gasteiger partial charge in [0.15, 0.2) is 4.67 Å². The van der Waals surface area contributed by atoms with Crippen LogP contribution in [-0.4, -0.2) is 25.8 Å². The van der Waals surface area contributed by atoms with Crippen LogP contribution in [0.2, 0.25) is 0 Å². The van der Waals surface area contributed by atoms with E-state index in [0.717, 1.165) is 19.3 Å². The number of sulfonamides is 1. The summed E-state index contributed by atoms with van der Waals surface area (Å²) in [5.74, 6) is 1.17. The number of hydrogen-bond donors (Lipinski definition) is 0. The molecule has 4 nitrogen and oxygen atoms in total. The molecule has 1 aliphatic carbocycles. The van der Waals surface area contributed by atoms with Gasteiger partial charge >= 0.3 is 0 Å². The van der Waals surface area contributed by atoms with Gasteiger partial charge in [-0.05, 0) is 34.7 Å². The summed E-state index contributed by atoms with van der Waals surface area (Å²) in [4.78, 5) is 0.161. The summed E-state index contributed by atoms with van der Waals surface area (Å²) < 4.78 is 32.4. The summed E-state index contributed by atoms with van der Waals surface area (Å²) in [6, 6.07) is 1.56. The summed E-state index contributed by atoms with van der Waals surface area (Å²) in [7, 11) is -1.90. The van der Waals surface area contributed by atoms with Crippen LogP contribution in [0.3, 0.4) is 0 Å². The highest BCUT2D eigenvalue weighted by atomic mass is 79.9. The van der Waals surface area contributed by atoms with E-state index in [4.69, 9.17) is 16.0 Å². The lowest BCUT2D eigenvalue weighted by Gasteiger charge is -2.33. The van der Waals surface area contributed by atoms with Crippen molar-refractivity contribution in [2.45, 2.75) is 49.4 Å². The van der Waals surface area contributed by atoms with Crippen molar-refractivity contribution in [3.63, 3.8) is 0 Å². The topological polar surface area (TPSA) is 50.5 Å². The summed E-state index contributed by atoms with van der Waals surface area (Å²) >= 11 is 8.85. The van der Waals surface area contributed by atoms with Gasteiger partial charge in [0.05, 0.1) is 5.88 Å². The van der Waals surface area contributed by atoms with Gasteiger partial charge in [-0.25, -0.2) is 8.42 Å². The summed E-state index contributed by atoms with van der Waals surface area (Å²) in [6.07, 6.45) is 4.08. The van der Waals surface area contributed by atoms with E-state index < -0.39 is 10.0 Å². The Morgan fingerprint density at radius 2 is 2.20 bits per heavy atom. The predicted molar refractivity (Wildman–Crippen MR) is 82.3 cm³/mol. The van der Waals surface area contributed by atoms with Crippen LogP contribution in [0.4, 0.5) is 0 Å². The molecule has 20 heavy (non-hydrogen) atoms. The van der Waals surface area contributed by atoms with Crippen molar-refractivity contribution in [2.24, 2.45) is 5.92 Å². The van der Waals surface area contributed by atoms with Crippen LogP contribution in [0.15, 0.2) is 20.0 Å². The fourth-order valence-corrected chi connectivity index (χ4v) is 5.21. The molecular formula is C13H19BrClNO3S. The maximum atomic E-state index is 12.7. The molecule has 1 aliphatic rings. The molecule has 1 aromatic heterocycles. The minimum atomic E-state index is -3.55. The Bertz CT molecular complexity index is 572. The van der Waals surface area contributed by atoms with Gasteiger partial charge in [0.1, 0.15) is 10.7 Å². The molecular weight excluding hydrogens is 366 g/mol. The SMILES string of the molecule is CC1CCCC(N(C)S(=O)(=O)c2cc(CCl)oc2Br)C1. The molecule has 1 aromatic rings. The first kappa shape index (κ1) is 16.3. The Labute approximate surface area is 133 Å². The van der Waals surface area contributed by atoms with Gasteiger partial charge in [0, 0.05) is 19.2 Å². The van der Waals surface area contributed by atoms with E-state index >= 15 is 0 Å². The van der Waals surface area contributed by atoms with Crippen LogP contribution in [0.1, 0.15) is 38.4 Å². The van der Waals surface area contributed by atoms with Crippen molar-refractivity contribution in [3.8, 4) is 0 Å². The van der Waals surface area contributed by atoms with E-state index in [1.807, 2.05) is 0 Å². The smallest absolute Gasteiger partial charge is 0.247 e. The fraction of sp³-hybridized carbons (Fsp3) is 0.692. The molecule has 0 aliphatic heterocycles. The van der Waals surface area contributed by atoms with Gasteiger partial charge in [-0.15, -0.1) is 11.6 Å². The van der Waals surface area contributed by atoms with Crippen LogP contribution >= 0.6 is 27.5 Å². The average Bonchev–Trinajstić information content (AvgIpc) is 2.80. The summed E-state index contributed by atoms with van der Waals surface area (Å²) in [6.45, 7) is 2.17. The first-order chi connectivity index (χ1) is 9.36. The quantitative estimate of drug-likeness (QED) is 0.738. The summed E-state index contributed by atoms with van der Waals surface area (Å²) in [5, 5.41) is 0. The Morgan fingerprint density at radius 3 is 2.75 bits per heavy atom. The van der Waals surface area contributed by atoms with E-state index in [9.17, 15) is 8.42 Å². The number of furan rings is 1. The predicted octanol–water partition coefficient (Wildman–Crippen LogP) is 3.98. The van der Waals surface area contributed by atoms with Gasteiger partial charge < -0.3 is 4.42 Å². The minimum absolute atomic E-state index is 0.0602. The van der Waals surface area contributed by atoms with Crippen LogP contribution in [0.5, 0.6) is 0 Å². The number of hydrogen-bond acceptors (Lipinski definition) is 3. The highest BCUT2D eigenvalue weighted by molar-refractivity contribution is 9.10. The Morgan fingerprint density at radius 1 is 1.50 bits per heavy atom. The molecule has 0 amide bonds. The van der Waals surface area contributed by atoms with Crippen molar-refractivity contribution >= 4 is 37.6 Å². The Kier molecular flexibility index (Phi) is 5.21. The number of rotatable bonds is 4. The molecule has 2 atom stereocenters. The molecule has 0 N–H and O–H groups in total. The van der Waals surface area contributed by atoms with E-state index in [2.05, 4.69) is 22.9 Å². The lowest BCUT2D eigenvalue weighted by Crippen LogP contribution is -2.39. The maximum absolute atomic E-state index is 12.7. The molecule has 0 radical (unpaired) electrons. The second-order valence-corrected chi connectivity index (χ2v) is 8.38. The molecule has 0 aromatic carbocycles. The van der Waals surface area contributed by atoms with Crippen LogP contribution in [0, 0.1) is 5.92 Å². The molecule has 7 heteroatoms. The maximum Gasteiger partial charge on any atom is 0.247 e. The average molecular weight is 385 g/mol. The third-order valence-corrected chi connectivity index (χ3v) is 6.95. The van der Waals surface area contributed by atoms with Crippen LogP contribution in [0.25, 0.3) is 0 Å². The molecule has 0 saturated heterocycles. The number of halogens is 2. The molecule has 1 fully saturated rings. The Balaban J connectivity index is 2.26. The Hall–Kier alpha value is -0.0400. The van der Waals surface area contributed by atoms with Crippen LogP contribution < -0.4 is 0 Å². The zero-order valence-corrected chi connectivity index (χ0v) is 14.8. The van der Waals surface area contributed by atoms with E-state index in [0.29, 0.717) is 11.7 Å². The van der Waals surface area contributed by atoms with Gasteiger partial charge in [-0.1, -0.05) is 19.8 Å². The van der Waals surface area contributed by atoms with E-state index in [1.165, 1.54) is 16.8 Å². The molecule has 114 valence electrons. The number of nitrogens with zero attached hydrogens (tertiary/aromatic N) is 1. The normalized spacial score (nSPS) is 24.2. The number of alkyl halides is 1. The van der Waals surface area contributed by atoms with Gasteiger partial charge in [0.25, 0.3) is 0 Å². The van der Waals surface area contributed by atoms with Crippen molar-refractivity contribution in [2.75, 3.05) is 7.05 Å². The monoisotopic (exact) mass is 383 g/mol. The molecule has 2 unspecified atom stereocenters. The first-order valence-corrected chi connectivity index (χ1v) is 9.45. The zero-order chi connectivity index (χ0) is 14.9. The lowest BCUT2D eigenvalue weighted by atomic mass is 9.87. The lowest BCUT2D eigenvalue weighted by molar-refractivity contribution is 0.239. The first-order valence-electron chi connectivity index (χ1n) is 6.68. The van der Waals surface area contributed by atoms with Crippen LogP contribution in [-0.2, 0) is 15.9 Å². The molecule has 2 rings (SSSR count). The minimum Gasteiger partial charge on any atom is -0.452 e. The third-order valence-electron chi connectivity index (χ3n) is 3.92. The van der Waals surface area contributed by atoms with Gasteiger partial charge in [0.2, 0.25) is 10.0 Å². The largest absolute Gasteiger partial charge is 0.452 e. The second kappa shape index (κ2) is 6.38. The van der Waals surface area contributed by atoms with E-state index in [-0.39, 0.29) is 21.5 Å². The molecule has 1 saturated carbocycles. The third kappa shape index (κ3) is 3.24. The van der Waals surface area contributed by atoms with Crippen molar-refractivity contribution in [3.05, 3.63) is 16.5 Å². The summed E-state index contributed by atoms with van der Waals surface area (Å²) in [5.41, 5.74) is 0. The van der Waals surface area contributed by atoms with Gasteiger partial charge in [-0.3, -0.25) is 0 Å². The van der Waals surface area contributed by atoms with Gasteiger partial charge in [-0.2, -0.15) is 4.31 Å². The fourth-order valence-electron chi connectivity index (χ4n) is 2.72. The molecule has 0 spiro atoms. The highest BCUT2D eigenvalue weighted by Crippen LogP contribution is 2.33. The van der Waals surface area contributed by atoms with Crippen molar-refractivity contribution < 1.29 is 12.8 Å². The molecule has 0 bridgehead atoms. The standard InChI is InChI=1S/C13H19BrClNO3S/c1-9-4-3-5-10(6-9)16(2)20(17,18)12-7-11(8-15)19-13(12)14/h7,9-10H,3-6,8H2,1-2H3. The highest BCUT2D eigenvalue weighted by Gasteiger charge is 2.33. The van der Waals surface area contributed by atoms with E-state index in [1.54, 1.807) is 7.05 Å². The van der Waals surface area contributed by atoms with Crippen molar-refractivity contribution in [1.82, 2.24) is 4.31 Å².